The molecule has 0 saturated carbocycles. The van der Waals surface area contributed by atoms with E-state index in [1.54, 1.807) is 4.68 Å². The third-order valence-electron chi connectivity index (χ3n) is 3.12. The highest BCUT2D eigenvalue weighted by atomic mass is 16.1. The first-order chi connectivity index (χ1) is 8.47. The van der Waals surface area contributed by atoms with Crippen molar-refractivity contribution in [3.63, 3.8) is 0 Å². The van der Waals surface area contributed by atoms with Crippen molar-refractivity contribution in [2.45, 2.75) is 32.2 Å². The average molecular weight is 248 g/mol. The van der Waals surface area contributed by atoms with Gasteiger partial charge in [0.05, 0.1) is 17.3 Å². The Balaban J connectivity index is 2.09. The first-order valence-electron chi connectivity index (χ1n) is 6.25. The van der Waals surface area contributed by atoms with Crippen LogP contribution < -0.4 is 11.1 Å². The molecule has 1 aromatic rings. The molecule has 0 fully saturated rings. The number of aromatic nitrogens is 2. The summed E-state index contributed by atoms with van der Waals surface area (Å²) in [5, 5.41) is 7.31. The Labute approximate surface area is 107 Å². The van der Waals surface area contributed by atoms with Gasteiger partial charge in [0.2, 0.25) is 5.91 Å². The molecule has 2 atom stereocenters. The first-order valence-corrected chi connectivity index (χ1v) is 6.25. The average Bonchev–Trinajstić information content (AvgIpc) is 2.85. The van der Waals surface area contributed by atoms with Gasteiger partial charge in [-0.1, -0.05) is 26.0 Å². The van der Waals surface area contributed by atoms with Crippen LogP contribution in [0.3, 0.4) is 0 Å². The summed E-state index contributed by atoms with van der Waals surface area (Å²) in [7, 11) is 1.85. The molecule has 1 aromatic heterocycles. The summed E-state index contributed by atoms with van der Waals surface area (Å²) in [6, 6.07) is -0.000725. The summed E-state index contributed by atoms with van der Waals surface area (Å²) >= 11 is 0. The van der Waals surface area contributed by atoms with E-state index in [0.29, 0.717) is 6.42 Å². The standard InChI is InChI=1S/C13H20N4O/c1-8(2)12-11(7-17(3)16-12)15-13(18)9-4-5-10(14)6-9/h4-5,7-10H,6,14H2,1-3H3,(H,15,18). The molecule has 5 heteroatoms. The Bertz CT molecular complexity index is 475. The minimum Gasteiger partial charge on any atom is -0.324 e. The minimum absolute atomic E-state index is 0.000725. The molecule has 1 aliphatic carbocycles. The number of rotatable bonds is 3. The lowest BCUT2D eigenvalue weighted by atomic mass is 10.1. The molecule has 0 radical (unpaired) electrons. The van der Waals surface area contributed by atoms with Crippen LogP contribution in [0, 0.1) is 5.92 Å². The molecular weight excluding hydrogens is 228 g/mol. The number of nitrogens with one attached hydrogen (secondary N) is 1. The molecule has 3 N–H and O–H groups in total. The molecule has 0 aliphatic heterocycles. The molecule has 5 nitrogen and oxygen atoms in total. The molecule has 0 saturated heterocycles. The van der Waals surface area contributed by atoms with Crippen molar-refractivity contribution in [1.82, 2.24) is 9.78 Å². The van der Waals surface area contributed by atoms with Crippen molar-refractivity contribution in [3.05, 3.63) is 24.0 Å². The topological polar surface area (TPSA) is 72.9 Å². The van der Waals surface area contributed by atoms with Crippen molar-refractivity contribution in [3.8, 4) is 0 Å². The largest absolute Gasteiger partial charge is 0.324 e. The molecule has 0 bridgehead atoms. The Morgan fingerprint density at radius 1 is 1.56 bits per heavy atom. The van der Waals surface area contributed by atoms with Gasteiger partial charge in [0.1, 0.15) is 0 Å². The first kappa shape index (κ1) is 12.8. The van der Waals surface area contributed by atoms with Crippen LogP contribution in [0.2, 0.25) is 0 Å². The monoisotopic (exact) mass is 248 g/mol. The fourth-order valence-corrected chi connectivity index (χ4v) is 2.18. The van der Waals surface area contributed by atoms with Crippen molar-refractivity contribution in [2.24, 2.45) is 18.7 Å². The van der Waals surface area contributed by atoms with E-state index in [0.717, 1.165) is 11.4 Å². The number of amides is 1. The molecule has 1 aliphatic rings. The molecular formula is C13H20N4O. The van der Waals surface area contributed by atoms with Crippen LogP contribution in [0.1, 0.15) is 31.9 Å². The maximum absolute atomic E-state index is 12.1. The summed E-state index contributed by atoms with van der Waals surface area (Å²) in [6.07, 6.45) is 6.29. The Kier molecular flexibility index (Phi) is 3.52. The second-order valence-corrected chi connectivity index (χ2v) is 5.14. The van der Waals surface area contributed by atoms with Gasteiger partial charge in [0.15, 0.2) is 0 Å². The highest BCUT2D eigenvalue weighted by Gasteiger charge is 2.24. The predicted molar refractivity (Wildman–Crippen MR) is 71.1 cm³/mol. The molecule has 98 valence electrons. The van der Waals surface area contributed by atoms with Gasteiger partial charge >= 0.3 is 0 Å². The summed E-state index contributed by atoms with van der Waals surface area (Å²) < 4.78 is 1.72. The lowest BCUT2D eigenvalue weighted by Gasteiger charge is -2.11. The third kappa shape index (κ3) is 2.61. The predicted octanol–water partition coefficient (Wildman–Crippen LogP) is 1.39. The number of carbonyl (C=O) groups is 1. The lowest BCUT2D eigenvalue weighted by molar-refractivity contribution is -0.118. The smallest absolute Gasteiger partial charge is 0.231 e. The number of aryl methyl sites for hydroxylation is 1. The maximum Gasteiger partial charge on any atom is 0.231 e. The molecule has 0 aromatic carbocycles. The van der Waals surface area contributed by atoms with Gasteiger partial charge in [-0.3, -0.25) is 9.48 Å². The second-order valence-electron chi connectivity index (χ2n) is 5.14. The third-order valence-corrected chi connectivity index (χ3v) is 3.12. The molecule has 0 spiro atoms. The summed E-state index contributed by atoms with van der Waals surface area (Å²) in [6.45, 7) is 4.12. The van der Waals surface area contributed by atoms with E-state index in [-0.39, 0.29) is 23.8 Å². The van der Waals surface area contributed by atoms with Crippen LogP contribution in [0.5, 0.6) is 0 Å². The van der Waals surface area contributed by atoms with Gasteiger partial charge in [-0.2, -0.15) is 5.10 Å². The van der Waals surface area contributed by atoms with Crippen LogP contribution in [0.4, 0.5) is 5.69 Å². The zero-order chi connectivity index (χ0) is 13.3. The Morgan fingerprint density at radius 3 is 2.83 bits per heavy atom. The number of hydrogen-bond donors (Lipinski definition) is 2. The van der Waals surface area contributed by atoms with Gasteiger partial charge in [-0.25, -0.2) is 0 Å². The van der Waals surface area contributed by atoms with Gasteiger partial charge in [-0.15, -0.1) is 0 Å². The zero-order valence-electron chi connectivity index (χ0n) is 11.1. The molecule has 1 heterocycles. The quantitative estimate of drug-likeness (QED) is 0.794. The van der Waals surface area contributed by atoms with Crippen LogP contribution in [-0.4, -0.2) is 21.7 Å². The maximum atomic E-state index is 12.1. The lowest BCUT2D eigenvalue weighted by Crippen LogP contribution is -2.24. The van der Waals surface area contributed by atoms with Crippen LogP contribution in [0.15, 0.2) is 18.3 Å². The number of anilines is 1. The van der Waals surface area contributed by atoms with Gasteiger partial charge in [0, 0.05) is 19.3 Å². The van der Waals surface area contributed by atoms with Crippen LogP contribution in [0.25, 0.3) is 0 Å². The number of nitrogens with two attached hydrogens (primary N) is 1. The van der Waals surface area contributed by atoms with Crippen molar-refractivity contribution in [1.29, 1.82) is 0 Å². The van der Waals surface area contributed by atoms with Gasteiger partial charge < -0.3 is 11.1 Å². The molecule has 2 unspecified atom stereocenters. The van der Waals surface area contributed by atoms with Crippen LogP contribution >= 0.6 is 0 Å². The molecule has 2 rings (SSSR count). The van der Waals surface area contributed by atoms with E-state index in [1.807, 2.05) is 25.4 Å². The van der Waals surface area contributed by atoms with Crippen molar-refractivity contribution >= 4 is 11.6 Å². The molecule has 1 amide bonds. The van der Waals surface area contributed by atoms with E-state index in [2.05, 4.69) is 24.3 Å². The second kappa shape index (κ2) is 4.94. The van der Waals surface area contributed by atoms with E-state index in [1.165, 1.54) is 0 Å². The number of nitrogens with zero attached hydrogens (tertiary/aromatic N) is 2. The molecule has 18 heavy (non-hydrogen) atoms. The summed E-state index contributed by atoms with van der Waals surface area (Å²) in [5.74, 6) is 0.150. The van der Waals surface area contributed by atoms with E-state index < -0.39 is 0 Å². The highest BCUT2D eigenvalue weighted by molar-refractivity contribution is 5.94. The summed E-state index contributed by atoms with van der Waals surface area (Å²) in [5.41, 5.74) is 7.47. The Hall–Kier alpha value is -1.62. The van der Waals surface area contributed by atoms with Crippen molar-refractivity contribution < 1.29 is 4.79 Å². The number of hydrogen-bond acceptors (Lipinski definition) is 3. The van der Waals surface area contributed by atoms with Crippen molar-refractivity contribution in [2.75, 3.05) is 5.32 Å². The fourth-order valence-electron chi connectivity index (χ4n) is 2.18. The minimum atomic E-state index is -0.125. The van der Waals surface area contributed by atoms with Gasteiger partial charge in [0.25, 0.3) is 0 Å². The number of carbonyl (C=O) groups excluding carboxylic acids is 1. The zero-order valence-corrected chi connectivity index (χ0v) is 11.1. The summed E-state index contributed by atoms with van der Waals surface area (Å²) in [4.78, 5) is 12.1. The highest BCUT2D eigenvalue weighted by Crippen LogP contribution is 2.24. The van der Waals surface area contributed by atoms with E-state index in [9.17, 15) is 4.79 Å². The fraction of sp³-hybridized carbons (Fsp3) is 0.538. The Morgan fingerprint density at radius 2 is 2.28 bits per heavy atom. The van der Waals surface area contributed by atoms with E-state index >= 15 is 0 Å². The van der Waals surface area contributed by atoms with Crippen LogP contribution in [-0.2, 0) is 11.8 Å². The normalized spacial score (nSPS) is 22.7. The van der Waals surface area contributed by atoms with Gasteiger partial charge in [-0.05, 0) is 12.3 Å². The van der Waals surface area contributed by atoms with E-state index in [4.69, 9.17) is 5.73 Å². The SMILES string of the molecule is CC(C)c1nn(C)cc1NC(=O)C1C=CC(N)C1.